The highest BCUT2D eigenvalue weighted by atomic mass is 32.2. The van der Waals surface area contributed by atoms with Crippen LogP contribution >= 0.6 is 11.8 Å². The van der Waals surface area contributed by atoms with E-state index in [0.29, 0.717) is 38.4 Å². The summed E-state index contributed by atoms with van der Waals surface area (Å²) in [7, 11) is 0. The second-order valence-corrected chi connectivity index (χ2v) is 5.90. The highest BCUT2D eigenvalue weighted by Gasteiger charge is 2.58. The van der Waals surface area contributed by atoms with E-state index in [1.807, 2.05) is 0 Å². The van der Waals surface area contributed by atoms with E-state index in [2.05, 4.69) is 0 Å². The molecule has 0 saturated carbocycles. The molecule has 2 unspecified atom stereocenters. The highest BCUT2D eigenvalue weighted by molar-refractivity contribution is 7.99. The first kappa shape index (κ1) is 13.2. The Morgan fingerprint density at radius 3 is 2.88 bits per heavy atom. The Morgan fingerprint density at radius 1 is 1.53 bits per heavy atom. The predicted octanol–water partition coefficient (Wildman–Crippen LogP) is 1.21. The number of carbonyl (C=O) groups excluding carboxylic acids is 1. The fourth-order valence-corrected chi connectivity index (χ4v) is 4.10. The van der Waals surface area contributed by atoms with E-state index < -0.39 is 11.0 Å². The van der Waals surface area contributed by atoms with Crippen molar-refractivity contribution in [2.24, 2.45) is 5.41 Å². The van der Waals surface area contributed by atoms with Gasteiger partial charge in [-0.15, -0.1) is 0 Å². The lowest BCUT2D eigenvalue weighted by Crippen LogP contribution is -2.58. The molecule has 4 nitrogen and oxygen atoms in total. The minimum absolute atomic E-state index is 0.287. The third kappa shape index (κ3) is 2.20. The lowest BCUT2D eigenvalue weighted by Gasteiger charge is -2.44. The summed E-state index contributed by atoms with van der Waals surface area (Å²) in [5, 5.41) is 10.8. The molecule has 98 valence electrons. The average Bonchev–Trinajstić information content (AvgIpc) is 2.79. The number of hydrogen-bond donors (Lipinski definition) is 1. The molecular formula is C12H20O4S. The van der Waals surface area contributed by atoms with Crippen LogP contribution in [0.2, 0.25) is 0 Å². The molecule has 2 fully saturated rings. The maximum atomic E-state index is 12.2. The molecule has 0 aromatic heterocycles. The molecule has 2 rings (SSSR count). The first-order valence-electron chi connectivity index (χ1n) is 6.20. The van der Waals surface area contributed by atoms with Crippen molar-refractivity contribution in [1.29, 1.82) is 0 Å². The van der Waals surface area contributed by atoms with E-state index in [4.69, 9.17) is 9.47 Å². The molecule has 2 aliphatic heterocycles. The second-order valence-electron chi connectivity index (χ2n) is 4.79. The number of rotatable bonds is 3. The molecule has 1 N–H and O–H groups in total. The van der Waals surface area contributed by atoms with Gasteiger partial charge in [-0.25, -0.2) is 0 Å². The zero-order chi connectivity index (χ0) is 12.4. The molecule has 0 radical (unpaired) electrons. The predicted molar refractivity (Wildman–Crippen MR) is 66.0 cm³/mol. The van der Waals surface area contributed by atoms with Crippen molar-refractivity contribution >= 4 is 17.7 Å². The fourth-order valence-electron chi connectivity index (χ4n) is 2.71. The van der Waals surface area contributed by atoms with E-state index in [1.54, 1.807) is 18.7 Å². The van der Waals surface area contributed by atoms with Gasteiger partial charge in [-0.3, -0.25) is 4.79 Å². The van der Waals surface area contributed by atoms with Crippen LogP contribution < -0.4 is 0 Å². The third-order valence-corrected chi connectivity index (χ3v) is 4.97. The monoisotopic (exact) mass is 260 g/mol. The lowest BCUT2D eigenvalue weighted by molar-refractivity contribution is -0.190. The van der Waals surface area contributed by atoms with Crippen LogP contribution in [0.15, 0.2) is 0 Å². The SMILES string of the molecule is CCOC(=O)C1(C2(O)CCSC2)CCCOC1. The van der Waals surface area contributed by atoms with Gasteiger partial charge in [-0.2, -0.15) is 11.8 Å². The van der Waals surface area contributed by atoms with Crippen LogP contribution in [-0.4, -0.2) is 48.0 Å². The Balaban J connectivity index is 2.25. The summed E-state index contributed by atoms with van der Waals surface area (Å²) in [4.78, 5) is 12.2. The van der Waals surface area contributed by atoms with Crippen LogP contribution in [0.4, 0.5) is 0 Å². The Hall–Kier alpha value is -0.260. The van der Waals surface area contributed by atoms with Gasteiger partial charge in [0.05, 0.1) is 18.8 Å². The number of ether oxygens (including phenoxy) is 2. The van der Waals surface area contributed by atoms with E-state index in [-0.39, 0.29) is 5.97 Å². The van der Waals surface area contributed by atoms with Gasteiger partial charge in [0.1, 0.15) is 5.41 Å². The Kier molecular flexibility index (Phi) is 4.00. The van der Waals surface area contributed by atoms with Crippen molar-refractivity contribution in [2.75, 3.05) is 31.3 Å². The van der Waals surface area contributed by atoms with Crippen LogP contribution in [0, 0.1) is 5.41 Å². The molecule has 0 bridgehead atoms. The molecule has 0 spiro atoms. The Morgan fingerprint density at radius 2 is 2.35 bits per heavy atom. The summed E-state index contributed by atoms with van der Waals surface area (Å²) in [6, 6.07) is 0. The van der Waals surface area contributed by atoms with E-state index in [0.717, 1.165) is 12.2 Å². The smallest absolute Gasteiger partial charge is 0.317 e. The summed E-state index contributed by atoms with van der Waals surface area (Å²) in [6.07, 6.45) is 2.13. The molecule has 17 heavy (non-hydrogen) atoms. The van der Waals surface area contributed by atoms with Crippen LogP contribution in [0.3, 0.4) is 0 Å². The molecule has 2 atom stereocenters. The van der Waals surface area contributed by atoms with Gasteiger partial charge < -0.3 is 14.6 Å². The van der Waals surface area contributed by atoms with Crippen LogP contribution in [-0.2, 0) is 14.3 Å². The maximum Gasteiger partial charge on any atom is 0.317 e. The third-order valence-electron chi connectivity index (χ3n) is 3.80. The number of hydrogen-bond acceptors (Lipinski definition) is 5. The van der Waals surface area contributed by atoms with Crippen molar-refractivity contribution in [2.45, 2.75) is 31.8 Å². The summed E-state index contributed by atoms with van der Waals surface area (Å²) in [6.45, 7) is 3.11. The molecule has 2 aliphatic rings. The summed E-state index contributed by atoms with van der Waals surface area (Å²) in [5.74, 6) is 1.22. The van der Waals surface area contributed by atoms with Gasteiger partial charge in [0, 0.05) is 12.4 Å². The molecule has 2 heterocycles. The second kappa shape index (κ2) is 5.16. The molecule has 0 aromatic carbocycles. The maximum absolute atomic E-state index is 12.2. The fraction of sp³-hybridized carbons (Fsp3) is 0.917. The summed E-state index contributed by atoms with van der Waals surface area (Å²) in [5.41, 5.74) is -1.80. The molecule has 0 aromatic rings. The topological polar surface area (TPSA) is 55.8 Å². The van der Waals surface area contributed by atoms with Crippen LogP contribution in [0.1, 0.15) is 26.2 Å². The van der Waals surface area contributed by atoms with Gasteiger partial charge in [-0.05, 0) is 31.9 Å². The van der Waals surface area contributed by atoms with E-state index in [9.17, 15) is 9.90 Å². The number of aliphatic hydroxyl groups is 1. The van der Waals surface area contributed by atoms with Crippen molar-refractivity contribution in [1.82, 2.24) is 0 Å². The largest absolute Gasteiger partial charge is 0.465 e. The van der Waals surface area contributed by atoms with Gasteiger partial charge >= 0.3 is 5.97 Å². The minimum Gasteiger partial charge on any atom is -0.465 e. The summed E-state index contributed by atoms with van der Waals surface area (Å²) >= 11 is 1.70. The number of esters is 1. The number of carbonyl (C=O) groups is 1. The normalized spacial score (nSPS) is 38.0. The molecule has 0 aliphatic carbocycles. The van der Waals surface area contributed by atoms with Crippen LogP contribution in [0.5, 0.6) is 0 Å². The Bertz CT molecular complexity index is 280. The molecule has 2 saturated heterocycles. The quantitative estimate of drug-likeness (QED) is 0.773. The zero-order valence-corrected chi connectivity index (χ0v) is 11.1. The molecule has 0 amide bonds. The van der Waals surface area contributed by atoms with Crippen molar-refractivity contribution in [3.8, 4) is 0 Å². The van der Waals surface area contributed by atoms with E-state index >= 15 is 0 Å². The first-order chi connectivity index (χ1) is 8.15. The average molecular weight is 260 g/mol. The standard InChI is InChI=1S/C12H20O4S/c1-2-16-10(13)11(4-3-6-15-8-11)12(14)5-7-17-9-12/h14H,2-9H2,1H3. The minimum atomic E-state index is -0.954. The van der Waals surface area contributed by atoms with Gasteiger partial charge in [0.2, 0.25) is 0 Å². The van der Waals surface area contributed by atoms with Crippen LogP contribution in [0.25, 0.3) is 0 Å². The van der Waals surface area contributed by atoms with Gasteiger partial charge in [0.25, 0.3) is 0 Å². The zero-order valence-electron chi connectivity index (χ0n) is 10.2. The lowest BCUT2D eigenvalue weighted by atomic mass is 9.68. The summed E-state index contributed by atoms with van der Waals surface area (Å²) < 4.78 is 10.6. The Labute approximate surface area is 106 Å². The van der Waals surface area contributed by atoms with Gasteiger partial charge in [-0.1, -0.05) is 0 Å². The number of thioether (sulfide) groups is 1. The van der Waals surface area contributed by atoms with Crippen molar-refractivity contribution in [3.63, 3.8) is 0 Å². The highest BCUT2D eigenvalue weighted by Crippen LogP contribution is 2.47. The first-order valence-corrected chi connectivity index (χ1v) is 7.35. The molecule has 5 heteroatoms. The molecular weight excluding hydrogens is 240 g/mol. The van der Waals surface area contributed by atoms with Crippen molar-refractivity contribution < 1.29 is 19.4 Å². The van der Waals surface area contributed by atoms with E-state index in [1.165, 1.54) is 0 Å². The van der Waals surface area contributed by atoms with Crippen molar-refractivity contribution in [3.05, 3.63) is 0 Å². The van der Waals surface area contributed by atoms with Gasteiger partial charge in [0.15, 0.2) is 0 Å².